The van der Waals surface area contributed by atoms with Crippen LogP contribution in [0.4, 0.5) is 16.8 Å². The van der Waals surface area contributed by atoms with E-state index >= 15 is 0 Å². The van der Waals surface area contributed by atoms with Crippen LogP contribution in [0, 0.1) is 6.92 Å². The van der Waals surface area contributed by atoms with Crippen molar-refractivity contribution < 1.29 is 37.9 Å². The molecule has 120 valence electrons. The summed E-state index contributed by atoms with van der Waals surface area (Å²) in [4.78, 5) is 0. The van der Waals surface area contributed by atoms with Gasteiger partial charge in [-0.05, 0) is 24.1 Å². The Morgan fingerprint density at radius 1 is 1.19 bits per heavy atom. The molecule has 0 spiro atoms. The molecule has 0 saturated heterocycles. The second-order valence-electron chi connectivity index (χ2n) is 4.04. The molecule has 0 aliphatic heterocycles. The molecule has 0 radical (unpaired) electrons. The van der Waals surface area contributed by atoms with Crippen LogP contribution in [0.2, 0.25) is 0 Å². The lowest BCUT2D eigenvalue weighted by molar-refractivity contribution is 0.438. The van der Waals surface area contributed by atoms with Crippen LogP contribution in [0.1, 0.15) is 11.1 Å². The Balaban J connectivity index is 3.53. The van der Waals surface area contributed by atoms with E-state index in [4.69, 9.17) is 10.7 Å². The van der Waals surface area contributed by atoms with Crippen molar-refractivity contribution in [2.75, 3.05) is 0 Å². The highest BCUT2D eigenvalue weighted by Crippen LogP contribution is 2.26. The predicted octanol–water partition coefficient (Wildman–Crippen LogP) is 1.71. The highest BCUT2D eigenvalue weighted by atomic mass is 35.7. The number of benzene rings is 1. The van der Waals surface area contributed by atoms with Gasteiger partial charge in [0.05, 0.1) is 5.75 Å². The van der Waals surface area contributed by atoms with E-state index in [1.165, 1.54) is 0 Å². The molecule has 0 aromatic heterocycles. The van der Waals surface area contributed by atoms with Gasteiger partial charge in [-0.15, -0.1) is 5.46 Å². The molecule has 0 amide bonds. The van der Waals surface area contributed by atoms with Gasteiger partial charge >= 0.3 is 17.5 Å². The average molecular weight is 370 g/mol. The highest BCUT2D eigenvalue weighted by Gasteiger charge is 2.30. The molecule has 0 heterocycles. The van der Waals surface area contributed by atoms with Crippen molar-refractivity contribution in [3.63, 3.8) is 0 Å². The first-order valence-electron chi connectivity index (χ1n) is 5.09. The van der Waals surface area contributed by atoms with E-state index in [2.05, 4.69) is 4.18 Å². The molecule has 0 fully saturated rings. The smallest absolute Gasteiger partial charge is 0.445 e. The van der Waals surface area contributed by atoms with Crippen molar-refractivity contribution in [2.45, 2.75) is 12.7 Å². The number of hydrogen-bond donors (Lipinski definition) is 0. The standard InChI is InChI=1S/C8H7BClF4O5S2/c1-5-7(9(11,12)13)2-6(4-20(10,15)16)3-8(5)19-21(14,17)18/h2-3H,4H2,1H3/q-1. The summed E-state index contributed by atoms with van der Waals surface area (Å²) < 4.78 is 97.5. The maximum absolute atomic E-state index is 12.9. The van der Waals surface area contributed by atoms with Crippen molar-refractivity contribution in [3.05, 3.63) is 23.3 Å². The third-order valence-corrected chi connectivity index (χ3v) is 3.73. The van der Waals surface area contributed by atoms with Crippen molar-refractivity contribution in [3.8, 4) is 5.75 Å². The molecule has 1 aromatic carbocycles. The molecule has 0 aliphatic carbocycles. The first-order chi connectivity index (χ1) is 9.19. The summed E-state index contributed by atoms with van der Waals surface area (Å²) in [5, 5.41) is 0. The zero-order valence-electron chi connectivity index (χ0n) is 10.2. The van der Waals surface area contributed by atoms with Gasteiger partial charge in [0.2, 0.25) is 9.05 Å². The molecule has 21 heavy (non-hydrogen) atoms. The third-order valence-electron chi connectivity index (χ3n) is 2.34. The molecular formula is C8H7BClF4O5S2-. The minimum absolute atomic E-state index is 0.483. The molecule has 0 atom stereocenters. The van der Waals surface area contributed by atoms with Crippen LogP contribution in [0.25, 0.3) is 0 Å². The van der Waals surface area contributed by atoms with Crippen LogP contribution in [0.5, 0.6) is 5.75 Å². The van der Waals surface area contributed by atoms with Gasteiger partial charge in [-0.25, -0.2) is 8.42 Å². The Morgan fingerprint density at radius 3 is 2.10 bits per heavy atom. The maximum Gasteiger partial charge on any atom is 0.510 e. The van der Waals surface area contributed by atoms with E-state index in [1.54, 1.807) is 0 Å². The van der Waals surface area contributed by atoms with Crippen molar-refractivity contribution in [1.82, 2.24) is 0 Å². The second-order valence-corrected chi connectivity index (χ2v) is 7.77. The van der Waals surface area contributed by atoms with E-state index in [0.29, 0.717) is 12.1 Å². The van der Waals surface area contributed by atoms with E-state index in [1.807, 2.05) is 0 Å². The Morgan fingerprint density at radius 2 is 1.71 bits per heavy atom. The lowest BCUT2D eigenvalue weighted by atomic mass is 9.76. The van der Waals surface area contributed by atoms with Crippen molar-refractivity contribution >= 4 is 42.7 Å². The van der Waals surface area contributed by atoms with Crippen LogP contribution in [-0.4, -0.2) is 23.8 Å². The lowest BCUT2D eigenvalue weighted by Crippen LogP contribution is -2.37. The van der Waals surface area contributed by atoms with Gasteiger partial charge in [-0.1, -0.05) is 9.95 Å². The van der Waals surface area contributed by atoms with Gasteiger partial charge in [-0.3, -0.25) is 0 Å². The first kappa shape index (κ1) is 18.0. The van der Waals surface area contributed by atoms with Crippen LogP contribution in [-0.2, 0) is 25.3 Å². The molecule has 0 aliphatic rings. The normalized spacial score (nSPS) is 13.2. The molecule has 13 heteroatoms. The van der Waals surface area contributed by atoms with Gasteiger partial charge in [-0.2, -0.15) is 8.42 Å². The molecule has 1 rings (SSSR count). The fourth-order valence-electron chi connectivity index (χ4n) is 1.58. The molecule has 1 aromatic rings. The van der Waals surface area contributed by atoms with Gasteiger partial charge in [0.25, 0.3) is 0 Å². The topological polar surface area (TPSA) is 77.5 Å². The Kier molecular flexibility index (Phi) is 4.85. The molecule has 5 nitrogen and oxygen atoms in total. The molecule has 0 bridgehead atoms. The summed E-state index contributed by atoms with van der Waals surface area (Å²) >= 11 is 0. The van der Waals surface area contributed by atoms with E-state index in [-0.39, 0.29) is 0 Å². The van der Waals surface area contributed by atoms with Crippen molar-refractivity contribution in [2.24, 2.45) is 0 Å². The number of hydrogen-bond acceptors (Lipinski definition) is 5. The predicted molar refractivity (Wildman–Crippen MR) is 69.0 cm³/mol. The fraction of sp³-hybridized carbons (Fsp3) is 0.250. The summed E-state index contributed by atoms with van der Waals surface area (Å²) in [5.41, 5.74) is -2.46. The molecular weight excluding hydrogens is 362 g/mol. The quantitative estimate of drug-likeness (QED) is 0.449. The SMILES string of the molecule is Cc1c(OS(=O)(=O)F)cc(CS(=O)(=O)Cl)cc1[B-](F)(F)F. The van der Waals surface area contributed by atoms with Gasteiger partial charge in [0.1, 0.15) is 5.75 Å². The van der Waals surface area contributed by atoms with E-state index < -0.39 is 54.6 Å². The number of rotatable bonds is 5. The summed E-state index contributed by atoms with van der Waals surface area (Å²) in [7, 11) is -4.84. The minimum Gasteiger partial charge on any atom is -0.445 e. The molecule has 0 saturated carbocycles. The Labute approximate surface area is 122 Å². The van der Waals surface area contributed by atoms with Gasteiger partial charge in [0, 0.05) is 10.7 Å². The minimum atomic E-state index is -5.60. The van der Waals surface area contributed by atoms with Gasteiger partial charge in [0.15, 0.2) is 0 Å². The maximum atomic E-state index is 12.9. The first-order valence-corrected chi connectivity index (χ1v) is 8.87. The summed E-state index contributed by atoms with van der Waals surface area (Å²) in [6.07, 6.45) is 0. The van der Waals surface area contributed by atoms with Gasteiger partial charge < -0.3 is 17.1 Å². The summed E-state index contributed by atoms with van der Waals surface area (Å²) in [6, 6.07) is 1.16. The van der Waals surface area contributed by atoms with E-state index in [9.17, 15) is 33.7 Å². The van der Waals surface area contributed by atoms with E-state index in [0.717, 1.165) is 6.92 Å². The van der Waals surface area contributed by atoms with Crippen LogP contribution < -0.4 is 9.65 Å². The fourth-order valence-corrected chi connectivity index (χ4v) is 2.92. The van der Waals surface area contributed by atoms with Crippen molar-refractivity contribution in [1.29, 1.82) is 0 Å². The second kappa shape index (κ2) is 5.65. The van der Waals surface area contributed by atoms with Crippen LogP contribution >= 0.6 is 10.7 Å². The lowest BCUT2D eigenvalue weighted by Gasteiger charge is -2.21. The highest BCUT2D eigenvalue weighted by molar-refractivity contribution is 8.13. The average Bonchev–Trinajstić information content (AvgIpc) is 2.16. The molecule has 0 N–H and O–H groups in total. The molecule has 0 unspecified atom stereocenters. The van der Waals surface area contributed by atoms with Crippen LogP contribution in [0.15, 0.2) is 12.1 Å². The zero-order valence-corrected chi connectivity index (χ0v) is 12.6. The van der Waals surface area contributed by atoms with Crippen LogP contribution in [0.3, 0.4) is 0 Å². The summed E-state index contributed by atoms with van der Waals surface area (Å²) in [5.74, 6) is -1.96. The largest absolute Gasteiger partial charge is 0.510 e. The zero-order chi connectivity index (χ0) is 16.6. The Bertz CT molecular complexity index is 760. The number of halogens is 5. The monoisotopic (exact) mass is 369 g/mol. The third kappa shape index (κ3) is 5.71. The Hall–Kier alpha value is -1.01. The summed E-state index contributed by atoms with van der Waals surface area (Å²) in [6.45, 7) is -4.73.